The van der Waals surface area contributed by atoms with Gasteiger partial charge in [-0.1, -0.05) is 18.2 Å². The number of nitrogens with zero attached hydrogens (tertiary/aromatic N) is 3. The van der Waals surface area contributed by atoms with E-state index < -0.39 is 5.82 Å². The smallest absolute Gasteiger partial charge is 0.146 e. The largest absolute Gasteiger partial charge is 0.457 e. The fourth-order valence-corrected chi connectivity index (χ4v) is 3.52. The van der Waals surface area contributed by atoms with Gasteiger partial charge in [-0.05, 0) is 36.4 Å². The first-order valence-corrected chi connectivity index (χ1v) is 9.43. The van der Waals surface area contributed by atoms with Crippen molar-refractivity contribution in [1.82, 2.24) is 19.5 Å². The van der Waals surface area contributed by atoms with E-state index in [1.54, 1.807) is 12.1 Å². The molecule has 148 valence electrons. The zero-order valence-corrected chi connectivity index (χ0v) is 15.9. The van der Waals surface area contributed by atoms with Gasteiger partial charge in [0, 0.05) is 35.3 Å². The van der Waals surface area contributed by atoms with E-state index in [2.05, 4.69) is 15.0 Å². The number of rotatable bonds is 5. The van der Waals surface area contributed by atoms with Crippen LogP contribution in [0.2, 0.25) is 0 Å². The molecule has 5 rings (SSSR count). The highest BCUT2D eigenvalue weighted by Gasteiger charge is 2.18. The highest BCUT2D eigenvalue weighted by Crippen LogP contribution is 2.36. The molecule has 0 aliphatic carbocycles. The summed E-state index contributed by atoms with van der Waals surface area (Å²) in [5.74, 6) is 0.960. The van der Waals surface area contributed by atoms with Crippen LogP contribution < -0.4 is 10.5 Å². The summed E-state index contributed by atoms with van der Waals surface area (Å²) >= 11 is 0. The van der Waals surface area contributed by atoms with Gasteiger partial charge in [-0.25, -0.2) is 14.4 Å². The number of nitrogens with one attached hydrogen (secondary N) is 1. The second-order valence-corrected chi connectivity index (χ2v) is 6.88. The molecule has 6 nitrogen and oxygen atoms in total. The maximum atomic E-state index is 15.1. The average molecular weight is 399 g/mol. The lowest BCUT2D eigenvalue weighted by molar-refractivity contribution is 0.477. The molecule has 30 heavy (non-hydrogen) atoms. The minimum Gasteiger partial charge on any atom is -0.457 e. The number of nitrogens with two attached hydrogens (primary N) is 1. The van der Waals surface area contributed by atoms with Gasteiger partial charge >= 0.3 is 0 Å². The number of hydrogen-bond acceptors (Lipinski definition) is 4. The Morgan fingerprint density at radius 2 is 1.83 bits per heavy atom. The van der Waals surface area contributed by atoms with Crippen LogP contribution in [0.25, 0.3) is 22.2 Å². The van der Waals surface area contributed by atoms with Crippen molar-refractivity contribution >= 4 is 16.9 Å². The van der Waals surface area contributed by atoms with Crippen LogP contribution in [0, 0.1) is 5.82 Å². The number of halogens is 1. The fourth-order valence-electron chi connectivity index (χ4n) is 3.52. The third-order valence-electron chi connectivity index (χ3n) is 4.90. The lowest BCUT2D eigenvalue weighted by atomic mass is 10.1. The molecule has 0 aliphatic rings. The normalized spacial score (nSPS) is 11.1. The highest BCUT2D eigenvalue weighted by molar-refractivity contribution is 6.00. The van der Waals surface area contributed by atoms with Gasteiger partial charge in [0.25, 0.3) is 0 Å². The molecule has 5 aromatic rings. The van der Waals surface area contributed by atoms with Gasteiger partial charge < -0.3 is 20.0 Å². The first kappa shape index (κ1) is 17.9. The number of benzene rings is 2. The van der Waals surface area contributed by atoms with E-state index in [4.69, 9.17) is 10.5 Å². The number of ether oxygens (including phenoxy) is 1. The van der Waals surface area contributed by atoms with E-state index in [9.17, 15) is 0 Å². The zero-order valence-electron chi connectivity index (χ0n) is 15.9. The molecule has 0 amide bonds. The van der Waals surface area contributed by atoms with E-state index in [0.717, 1.165) is 5.69 Å². The van der Waals surface area contributed by atoms with Crippen molar-refractivity contribution in [3.8, 4) is 22.6 Å². The molecular formula is C23H18FN5O. The van der Waals surface area contributed by atoms with Gasteiger partial charge in [0.15, 0.2) is 0 Å². The number of nitrogen functional groups attached to an aromatic ring is 1. The van der Waals surface area contributed by atoms with Crippen LogP contribution in [-0.4, -0.2) is 19.5 Å². The van der Waals surface area contributed by atoms with Crippen LogP contribution in [-0.2, 0) is 6.54 Å². The molecule has 0 fully saturated rings. The Balaban J connectivity index is 1.57. The maximum Gasteiger partial charge on any atom is 0.146 e. The molecule has 0 unspecified atom stereocenters. The minimum atomic E-state index is -0.411. The van der Waals surface area contributed by atoms with Crippen molar-refractivity contribution in [3.05, 3.63) is 90.9 Å². The number of H-pyrrole nitrogens is 1. The van der Waals surface area contributed by atoms with Gasteiger partial charge in [-0.15, -0.1) is 0 Å². The summed E-state index contributed by atoms with van der Waals surface area (Å²) in [5, 5.41) is 0.625. The predicted octanol–water partition coefficient (Wildman–Crippen LogP) is 4.99. The quantitative estimate of drug-likeness (QED) is 0.436. The van der Waals surface area contributed by atoms with Crippen molar-refractivity contribution in [2.45, 2.75) is 6.54 Å². The molecule has 2 aromatic carbocycles. The molecule has 0 saturated carbocycles. The van der Waals surface area contributed by atoms with E-state index in [-0.39, 0.29) is 0 Å². The topological polar surface area (TPSA) is 81.8 Å². The van der Waals surface area contributed by atoms with Crippen LogP contribution in [0.3, 0.4) is 0 Å². The van der Waals surface area contributed by atoms with Crippen molar-refractivity contribution in [2.24, 2.45) is 0 Å². The third-order valence-corrected chi connectivity index (χ3v) is 4.90. The maximum absolute atomic E-state index is 15.1. The summed E-state index contributed by atoms with van der Waals surface area (Å²) < 4.78 is 22.8. The Morgan fingerprint density at radius 1 is 0.967 bits per heavy atom. The number of fused-ring (bicyclic) bond motifs is 1. The summed E-state index contributed by atoms with van der Waals surface area (Å²) in [7, 11) is 0. The van der Waals surface area contributed by atoms with E-state index >= 15 is 4.39 Å². The Morgan fingerprint density at radius 3 is 2.60 bits per heavy atom. The number of hydrogen-bond donors (Lipinski definition) is 2. The SMILES string of the molecule is Nc1ncnc2c1c(-c1ccc(Oc3ccccc3)cc1F)cn2Cc1ccc[nH]1. The van der Waals surface area contributed by atoms with Crippen LogP contribution in [0.1, 0.15) is 5.69 Å². The zero-order chi connectivity index (χ0) is 20.5. The molecule has 0 saturated heterocycles. The third kappa shape index (κ3) is 3.26. The Hall–Kier alpha value is -4.13. The van der Waals surface area contributed by atoms with Crippen molar-refractivity contribution in [1.29, 1.82) is 0 Å². The van der Waals surface area contributed by atoms with Crippen LogP contribution in [0.5, 0.6) is 11.5 Å². The molecule has 0 bridgehead atoms. The second kappa shape index (κ2) is 7.36. The molecule has 0 aliphatic heterocycles. The summed E-state index contributed by atoms with van der Waals surface area (Å²) in [6.45, 7) is 0.552. The number of aromatic amines is 1. The van der Waals surface area contributed by atoms with Crippen molar-refractivity contribution < 1.29 is 9.13 Å². The molecular weight excluding hydrogens is 381 g/mol. The molecule has 3 heterocycles. The first-order chi connectivity index (χ1) is 14.7. The molecule has 3 N–H and O–H groups in total. The Bertz CT molecular complexity index is 1310. The van der Waals surface area contributed by atoms with Gasteiger partial charge in [0.1, 0.15) is 35.1 Å². The van der Waals surface area contributed by atoms with Crippen molar-refractivity contribution in [3.63, 3.8) is 0 Å². The number of para-hydroxylation sites is 1. The molecule has 0 spiro atoms. The van der Waals surface area contributed by atoms with E-state index in [0.29, 0.717) is 46.0 Å². The van der Waals surface area contributed by atoms with E-state index in [1.807, 2.05) is 59.4 Å². The Kier molecular flexibility index (Phi) is 4.40. The first-order valence-electron chi connectivity index (χ1n) is 9.43. The summed E-state index contributed by atoms with van der Waals surface area (Å²) in [6.07, 6.45) is 5.13. The molecule has 7 heteroatoms. The molecule has 0 atom stereocenters. The number of aromatic nitrogens is 4. The predicted molar refractivity (Wildman–Crippen MR) is 114 cm³/mol. The lowest BCUT2D eigenvalue weighted by Gasteiger charge is -2.08. The highest BCUT2D eigenvalue weighted by atomic mass is 19.1. The van der Waals surface area contributed by atoms with Crippen molar-refractivity contribution in [2.75, 3.05) is 5.73 Å². The van der Waals surface area contributed by atoms with Gasteiger partial charge in [-0.3, -0.25) is 0 Å². The summed E-state index contributed by atoms with van der Waals surface area (Å²) in [5.41, 5.74) is 8.84. The second-order valence-electron chi connectivity index (χ2n) is 6.88. The van der Waals surface area contributed by atoms with Gasteiger partial charge in [0.2, 0.25) is 0 Å². The lowest BCUT2D eigenvalue weighted by Crippen LogP contribution is -2.00. The number of anilines is 1. The van der Waals surface area contributed by atoms with Crippen LogP contribution >= 0.6 is 0 Å². The monoisotopic (exact) mass is 399 g/mol. The minimum absolute atomic E-state index is 0.309. The van der Waals surface area contributed by atoms with E-state index in [1.165, 1.54) is 12.4 Å². The van der Waals surface area contributed by atoms with Crippen LogP contribution in [0.4, 0.5) is 10.2 Å². The fraction of sp³-hybridized carbons (Fsp3) is 0.0435. The van der Waals surface area contributed by atoms with Gasteiger partial charge in [-0.2, -0.15) is 0 Å². The van der Waals surface area contributed by atoms with Crippen LogP contribution in [0.15, 0.2) is 79.4 Å². The molecule has 0 radical (unpaired) electrons. The molecule has 3 aromatic heterocycles. The Labute approximate surface area is 171 Å². The van der Waals surface area contributed by atoms with Gasteiger partial charge in [0.05, 0.1) is 11.9 Å². The average Bonchev–Trinajstić information content (AvgIpc) is 3.38. The summed E-state index contributed by atoms with van der Waals surface area (Å²) in [6, 6.07) is 18.0. The standard InChI is InChI=1S/C23H18FN5O/c24-20-11-17(30-16-6-2-1-3-7-16)8-9-18(20)19-13-29(12-15-5-4-10-26-15)23-21(19)22(25)27-14-28-23/h1-11,13-14,26H,12H2,(H2,25,27,28). The summed E-state index contributed by atoms with van der Waals surface area (Å²) in [4.78, 5) is 11.7.